The van der Waals surface area contributed by atoms with E-state index < -0.39 is 5.60 Å². The maximum atomic E-state index is 12.3. The number of carbonyl (C=O) groups is 1. The lowest BCUT2D eigenvalue weighted by Crippen LogP contribution is -2.44. The number of fused-ring (bicyclic) bond motifs is 1. The van der Waals surface area contributed by atoms with Crippen LogP contribution in [0.3, 0.4) is 0 Å². The fourth-order valence-corrected chi connectivity index (χ4v) is 3.26. The summed E-state index contributed by atoms with van der Waals surface area (Å²) < 4.78 is 5.51. The first-order chi connectivity index (χ1) is 12.9. The third-order valence-corrected chi connectivity index (χ3v) is 4.54. The number of rotatable bonds is 4. The average molecular weight is 371 g/mol. The molecule has 27 heavy (non-hydrogen) atoms. The number of anilines is 2. The standard InChI is InChI=1S/C20H29N5O2/c1-20(2,3)27-19(26)25-11-7-8-14(13-25)12-22-18-17(21-4)23-15-9-5-6-10-16(15)24-18/h5-6,9-10,14H,7-8,11-13H2,1-4H3,(H,21,23)(H,22,24)/t14-/m0/s1. The number of amides is 1. The molecule has 2 aromatic rings. The Morgan fingerprint density at radius 3 is 2.52 bits per heavy atom. The molecule has 1 saturated heterocycles. The third-order valence-electron chi connectivity index (χ3n) is 4.54. The molecule has 0 aliphatic carbocycles. The van der Waals surface area contributed by atoms with E-state index in [4.69, 9.17) is 9.72 Å². The van der Waals surface area contributed by atoms with Gasteiger partial charge in [-0.05, 0) is 51.7 Å². The predicted molar refractivity (Wildman–Crippen MR) is 108 cm³/mol. The highest BCUT2D eigenvalue weighted by Crippen LogP contribution is 2.23. The van der Waals surface area contributed by atoms with E-state index in [1.165, 1.54) is 0 Å². The first-order valence-corrected chi connectivity index (χ1v) is 9.52. The summed E-state index contributed by atoms with van der Waals surface area (Å²) in [6.45, 7) is 7.87. The number of nitrogens with one attached hydrogen (secondary N) is 2. The molecule has 2 heterocycles. The molecule has 1 atom stereocenters. The van der Waals surface area contributed by atoms with Gasteiger partial charge in [0.1, 0.15) is 5.60 Å². The Labute approximate surface area is 160 Å². The van der Waals surface area contributed by atoms with E-state index in [0.717, 1.165) is 48.6 Å². The molecule has 1 aromatic carbocycles. The summed E-state index contributed by atoms with van der Waals surface area (Å²) >= 11 is 0. The second-order valence-electron chi connectivity index (χ2n) is 7.98. The van der Waals surface area contributed by atoms with Crippen molar-refractivity contribution in [3.05, 3.63) is 24.3 Å². The number of hydrogen-bond donors (Lipinski definition) is 2. The molecular formula is C20H29N5O2. The van der Waals surface area contributed by atoms with Crippen molar-refractivity contribution >= 4 is 28.8 Å². The van der Waals surface area contributed by atoms with Crippen LogP contribution in [0.25, 0.3) is 11.0 Å². The second kappa shape index (κ2) is 7.98. The summed E-state index contributed by atoms with van der Waals surface area (Å²) in [5.74, 6) is 1.82. The summed E-state index contributed by atoms with van der Waals surface area (Å²) in [6.07, 6.45) is 1.82. The highest BCUT2D eigenvalue weighted by Gasteiger charge is 2.27. The molecule has 7 heteroatoms. The SMILES string of the molecule is CNc1nc2ccccc2nc1NC[C@@H]1CCCN(C(=O)OC(C)(C)C)C1. The van der Waals surface area contributed by atoms with E-state index in [9.17, 15) is 4.79 Å². The summed E-state index contributed by atoms with van der Waals surface area (Å²) in [4.78, 5) is 23.5. The Balaban J connectivity index is 1.64. The highest BCUT2D eigenvalue weighted by molar-refractivity contribution is 5.80. The zero-order valence-corrected chi connectivity index (χ0v) is 16.6. The normalized spacial score (nSPS) is 17.6. The zero-order chi connectivity index (χ0) is 19.4. The minimum absolute atomic E-state index is 0.228. The molecule has 1 aliphatic heterocycles. The van der Waals surface area contributed by atoms with Gasteiger partial charge >= 0.3 is 6.09 Å². The summed E-state index contributed by atoms with van der Waals surface area (Å²) in [5, 5.41) is 6.53. The molecule has 1 amide bonds. The number of carbonyl (C=O) groups excluding carboxylic acids is 1. The van der Waals surface area contributed by atoms with Crippen LogP contribution in [-0.2, 0) is 4.74 Å². The van der Waals surface area contributed by atoms with Crippen LogP contribution in [0, 0.1) is 5.92 Å². The van der Waals surface area contributed by atoms with Gasteiger partial charge in [0.25, 0.3) is 0 Å². The van der Waals surface area contributed by atoms with Gasteiger partial charge in [-0.1, -0.05) is 12.1 Å². The minimum Gasteiger partial charge on any atom is -0.444 e. The van der Waals surface area contributed by atoms with E-state index >= 15 is 0 Å². The molecule has 146 valence electrons. The Bertz CT molecular complexity index is 803. The van der Waals surface area contributed by atoms with Crippen LogP contribution < -0.4 is 10.6 Å². The van der Waals surface area contributed by atoms with Crippen molar-refractivity contribution in [1.82, 2.24) is 14.9 Å². The van der Waals surface area contributed by atoms with Crippen LogP contribution >= 0.6 is 0 Å². The van der Waals surface area contributed by atoms with Crippen molar-refractivity contribution in [2.45, 2.75) is 39.2 Å². The van der Waals surface area contributed by atoms with E-state index in [1.54, 1.807) is 0 Å². The van der Waals surface area contributed by atoms with Crippen molar-refractivity contribution < 1.29 is 9.53 Å². The number of ether oxygens (including phenoxy) is 1. The highest BCUT2D eigenvalue weighted by atomic mass is 16.6. The van der Waals surface area contributed by atoms with Crippen LogP contribution in [0.2, 0.25) is 0 Å². The Morgan fingerprint density at radius 1 is 1.22 bits per heavy atom. The number of nitrogens with zero attached hydrogens (tertiary/aromatic N) is 3. The van der Waals surface area contributed by atoms with Crippen molar-refractivity contribution in [1.29, 1.82) is 0 Å². The Morgan fingerprint density at radius 2 is 1.89 bits per heavy atom. The van der Waals surface area contributed by atoms with Crippen LogP contribution in [-0.4, -0.2) is 53.2 Å². The van der Waals surface area contributed by atoms with E-state index in [-0.39, 0.29) is 6.09 Å². The van der Waals surface area contributed by atoms with Gasteiger partial charge in [-0.15, -0.1) is 0 Å². The van der Waals surface area contributed by atoms with E-state index in [1.807, 2.05) is 57.0 Å². The molecule has 3 rings (SSSR count). The van der Waals surface area contributed by atoms with Crippen molar-refractivity contribution in [3.63, 3.8) is 0 Å². The predicted octanol–water partition coefficient (Wildman–Crippen LogP) is 3.73. The van der Waals surface area contributed by atoms with Crippen molar-refractivity contribution in [2.24, 2.45) is 5.92 Å². The maximum Gasteiger partial charge on any atom is 0.410 e. The number of para-hydroxylation sites is 2. The molecule has 1 fully saturated rings. The van der Waals surface area contributed by atoms with Crippen LogP contribution in [0.15, 0.2) is 24.3 Å². The number of likely N-dealkylation sites (tertiary alicyclic amines) is 1. The van der Waals surface area contributed by atoms with Crippen LogP contribution in [0.5, 0.6) is 0 Å². The molecule has 1 aromatic heterocycles. The number of piperidine rings is 1. The van der Waals surface area contributed by atoms with Gasteiger partial charge in [0.15, 0.2) is 11.6 Å². The minimum atomic E-state index is -0.468. The number of benzene rings is 1. The largest absolute Gasteiger partial charge is 0.444 e. The molecule has 0 radical (unpaired) electrons. The van der Waals surface area contributed by atoms with Gasteiger partial charge in [0.05, 0.1) is 11.0 Å². The second-order valence-corrected chi connectivity index (χ2v) is 7.98. The van der Waals surface area contributed by atoms with Crippen LogP contribution in [0.1, 0.15) is 33.6 Å². The Hall–Kier alpha value is -2.57. The van der Waals surface area contributed by atoms with Gasteiger partial charge in [-0.2, -0.15) is 0 Å². The first kappa shape index (κ1) is 19.2. The fraction of sp³-hybridized carbons (Fsp3) is 0.550. The fourth-order valence-electron chi connectivity index (χ4n) is 3.26. The maximum absolute atomic E-state index is 12.3. The molecule has 7 nitrogen and oxygen atoms in total. The molecule has 1 aliphatic rings. The lowest BCUT2D eigenvalue weighted by molar-refractivity contribution is 0.0172. The monoisotopic (exact) mass is 371 g/mol. The lowest BCUT2D eigenvalue weighted by atomic mass is 9.98. The molecule has 0 unspecified atom stereocenters. The quantitative estimate of drug-likeness (QED) is 0.852. The summed E-state index contributed by atoms with van der Waals surface area (Å²) in [6, 6.07) is 7.82. The molecular weight excluding hydrogens is 342 g/mol. The molecule has 2 N–H and O–H groups in total. The zero-order valence-electron chi connectivity index (χ0n) is 16.6. The van der Waals surface area contributed by atoms with E-state index in [2.05, 4.69) is 15.6 Å². The van der Waals surface area contributed by atoms with Gasteiger partial charge in [-0.3, -0.25) is 0 Å². The van der Waals surface area contributed by atoms with Gasteiger partial charge < -0.3 is 20.3 Å². The summed E-state index contributed by atoms with van der Waals surface area (Å²) in [5.41, 5.74) is 1.25. The van der Waals surface area contributed by atoms with Crippen molar-refractivity contribution in [2.75, 3.05) is 37.3 Å². The topological polar surface area (TPSA) is 79.4 Å². The van der Waals surface area contributed by atoms with Crippen molar-refractivity contribution in [3.8, 4) is 0 Å². The smallest absolute Gasteiger partial charge is 0.410 e. The molecule has 0 saturated carbocycles. The lowest BCUT2D eigenvalue weighted by Gasteiger charge is -2.34. The Kier molecular flexibility index (Phi) is 5.68. The first-order valence-electron chi connectivity index (χ1n) is 9.52. The van der Waals surface area contributed by atoms with Gasteiger partial charge in [-0.25, -0.2) is 14.8 Å². The molecule has 0 spiro atoms. The molecule has 0 bridgehead atoms. The third kappa shape index (κ3) is 4.99. The van der Waals surface area contributed by atoms with Gasteiger partial charge in [0, 0.05) is 26.7 Å². The average Bonchev–Trinajstić information content (AvgIpc) is 2.64. The number of hydrogen-bond acceptors (Lipinski definition) is 6. The van der Waals surface area contributed by atoms with Crippen LogP contribution in [0.4, 0.5) is 16.4 Å². The van der Waals surface area contributed by atoms with E-state index in [0.29, 0.717) is 12.5 Å². The van der Waals surface area contributed by atoms with Gasteiger partial charge in [0.2, 0.25) is 0 Å². The number of aromatic nitrogens is 2. The summed E-state index contributed by atoms with van der Waals surface area (Å²) in [7, 11) is 1.84.